The highest BCUT2D eigenvalue weighted by Crippen LogP contribution is 2.29. The highest BCUT2D eigenvalue weighted by Gasteiger charge is 2.18. The van der Waals surface area contributed by atoms with Crippen molar-refractivity contribution in [3.05, 3.63) is 23.3 Å². The molecule has 0 radical (unpaired) electrons. The lowest BCUT2D eigenvalue weighted by Gasteiger charge is -2.11. The molecule has 0 saturated carbocycles. The van der Waals surface area contributed by atoms with Crippen molar-refractivity contribution < 1.29 is 24.2 Å². The van der Waals surface area contributed by atoms with Crippen LogP contribution in [0.15, 0.2) is 12.1 Å². The molecule has 16 heavy (non-hydrogen) atoms. The number of Topliss-reactive ketones (excluding diaryl/α,β-unsaturated/α-hetero) is 1. The van der Waals surface area contributed by atoms with Crippen LogP contribution in [0.2, 0.25) is 0 Å². The Bertz CT molecular complexity index is 411. The van der Waals surface area contributed by atoms with Crippen molar-refractivity contribution in [1.29, 1.82) is 0 Å². The van der Waals surface area contributed by atoms with Crippen LogP contribution in [0.1, 0.15) is 15.9 Å². The minimum atomic E-state index is -1.51. The lowest BCUT2D eigenvalue weighted by atomic mass is 10.1. The molecular formula is C11H12O5. The van der Waals surface area contributed by atoms with Crippen LogP contribution in [0, 0.1) is 6.92 Å². The molecule has 0 atom stereocenters. The van der Waals surface area contributed by atoms with Crippen molar-refractivity contribution >= 4 is 11.8 Å². The van der Waals surface area contributed by atoms with Gasteiger partial charge in [0.05, 0.1) is 14.2 Å². The van der Waals surface area contributed by atoms with Crippen molar-refractivity contribution in [2.45, 2.75) is 6.92 Å². The molecular weight excluding hydrogens is 212 g/mol. The van der Waals surface area contributed by atoms with Gasteiger partial charge in [-0.1, -0.05) is 0 Å². The molecule has 0 bridgehead atoms. The number of ether oxygens (including phenoxy) is 2. The van der Waals surface area contributed by atoms with Crippen LogP contribution >= 0.6 is 0 Å². The number of carbonyl (C=O) groups is 2. The average molecular weight is 224 g/mol. The lowest BCUT2D eigenvalue weighted by Crippen LogP contribution is -2.13. The van der Waals surface area contributed by atoms with E-state index < -0.39 is 11.8 Å². The third kappa shape index (κ3) is 2.13. The van der Waals surface area contributed by atoms with Gasteiger partial charge in [0, 0.05) is 11.1 Å². The molecule has 1 aromatic carbocycles. The van der Waals surface area contributed by atoms with Gasteiger partial charge in [0.25, 0.3) is 5.78 Å². The van der Waals surface area contributed by atoms with Gasteiger partial charge in [0.15, 0.2) is 0 Å². The number of ketones is 1. The first kappa shape index (κ1) is 12.0. The van der Waals surface area contributed by atoms with Crippen LogP contribution < -0.4 is 9.47 Å². The molecule has 5 heteroatoms. The number of hydrogen-bond donors (Lipinski definition) is 1. The van der Waals surface area contributed by atoms with E-state index in [1.807, 2.05) is 0 Å². The van der Waals surface area contributed by atoms with E-state index in [4.69, 9.17) is 14.6 Å². The number of carboxylic acid groups (broad SMARTS) is 1. The van der Waals surface area contributed by atoms with E-state index >= 15 is 0 Å². The number of carbonyl (C=O) groups excluding carboxylic acids is 1. The molecule has 86 valence electrons. The van der Waals surface area contributed by atoms with E-state index in [1.54, 1.807) is 6.92 Å². The van der Waals surface area contributed by atoms with Gasteiger partial charge in [-0.05, 0) is 19.1 Å². The van der Waals surface area contributed by atoms with Gasteiger partial charge < -0.3 is 14.6 Å². The Hall–Kier alpha value is -2.04. The SMILES string of the molecule is COc1cc(C(=O)C(=O)O)cc(OC)c1C. The van der Waals surface area contributed by atoms with Gasteiger partial charge in [-0.25, -0.2) is 4.79 Å². The fourth-order valence-corrected chi connectivity index (χ4v) is 1.34. The molecule has 0 aliphatic carbocycles. The fraction of sp³-hybridized carbons (Fsp3) is 0.273. The Balaban J connectivity index is 3.32. The molecule has 1 rings (SSSR count). The summed E-state index contributed by atoms with van der Waals surface area (Å²) in [6, 6.07) is 2.77. The summed E-state index contributed by atoms with van der Waals surface area (Å²) in [5.41, 5.74) is 0.749. The van der Waals surface area contributed by atoms with E-state index in [1.165, 1.54) is 26.4 Å². The van der Waals surface area contributed by atoms with Gasteiger partial charge >= 0.3 is 5.97 Å². The van der Waals surface area contributed by atoms with Gasteiger partial charge in [-0.3, -0.25) is 4.79 Å². The summed E-state index contributed by atoms with van der Waals surface area (Å²) in [5.74, 6) is -1.66. The fourth-order valence-electron chi connectivity index (χ4n) is 1.34. The van der Waals surface area contributed by atoms with Crippen LogP contribution in [0.3, 0.4) is 0 Å². The predicted molar refractivity (Wildman–Crippen MR) is 56.2 cm³/mol. The first-order chi connectivity index (χ1) is 7.51. The molecule has 0 heterocycles. The quantitative estimate of drug-likeness (QED) is 0.616. The number of benzene rings is 1. The molecule has 0 saturated heterocycles. The Morgan fingerprint density at radius 1 is 1.12 bits per heavy atom. The van der Waals surface area contributed by atoms with Crippen LogP contribution in [0.25, 0.3) is 0 Å². The largest absolute Gasteiger partial charge is 0.496 e. The zero-order chi connectivity index (χ0) is 12.3. The number of carboxylic acids is 1. The summed E-state index contributed by atoms with van der Waals surface area (Å²) in [5, 5.41) is 8.60. The molecule has 5 nitrogen and oxygen atoms in total. The van der Waals surface area contributed by atoms with E-state index in [9.17, 15) is 9.59 Å². The molecule has 0 aliphatic heterocycles. The highest BCUT2D eigenvalue weighted by molar-refractivity contribution is 6.40. The monoisotopic (exact) mass is 224 g/mol. The second-order valence-electron chi connectivity index (χ2n) is 3.14. The second kappa shape index (κ2) is 4.65. The van der Waals surface area contributed by atoms with Crippen LogP contribution in [0.5, 0.6) is 11.5 Å². The van der Waals surface area contributed by atoms with E-state index in [0.29, 0.717) is 17.1 Å². The van der Waals surface area contributed by atoms with Crippen molar-refractivity contribution in [3.8, 4) is 11.5 Å². The van der Waals surface area contributed by atoms with Crippen LogP contribution in [0.4, 0.5) is 0 Å². The number of methoxy groups -OCH3 is 2. The van der Waals surface area contributed by atoms with Crippen molar-refractivity contribution in [2.24, 2.45) is 0 Å². The molecule has 0 unspecified atom stereocenters. The minimum Gasteiger partial charge on any atom is -0.496 e. The highest BCUT2D eigenvalue weighted by atomic mass is 16.5. The van der Waals surface area contributed by atoms with Gasteiger partial charge in [-0.2, -0.15) is 0 Å². The van der Waals surface area contributed by atoms with Gasteiger partial charge in [-0.15, -0.1) is 0 Å². The summed E-state index contributed by atoms with van der Waals surface area (Å²) in [6.45, 7) is 1.76. The first-order valence-corrected chi connectivity index (χ1v) is 4.51. The van der Waals surface area contributed by atoms with E-state index in [-0.39, 0.29) is 5.56 Å². The smallest absolute Gasteiger partial charge is 0.377 e. The van der Waals surface area contributed by atoms with E-state index in [0.717, 1.165) is 0 Å². The van der Waals surface area contributed by atoms with Crippen molar-refractivity contribution in [2.75, 3.05) is 14.2 Å². The molecule has 0 spiro atoms. The topological polar surface area (TPSA) is 72.8 Å². The Kier molecular flexibility index (Phi) is 3.50. The number of aliphatic carboxylic acids is 1. The predicted octanol–water partition coefficient (Wildman–Crippen LogP) is 1.28. The molecule has 0 fully saturated rings. The Labute approximate surface area is 92.6 Å². The maximum Gasteiger partial charge on any atom is 0.377 e. The molecule has 0 aliphatic rings. The first-order valence-electron chi connectivity index (χ1n) is 4.51. The standard InChI is InChI=1S/C11H12O5/c1-6-8(15-2)4-7(5-9(6)16-3)10(12)11(13)14/h4-5H,1-3H3,(H,13,14). The maximum atomic E-state index is 11.3. The van der Waals surface area contributed by atoms with E-state index in [2.05, 4.69) is 0 Å². The summed E-state index contributed by atoms with van der Waals surface area (Å²) in [7, 11) is 2.88. The lowest BCUT2D eigenvalue weighted by molar-refractivity contribution is -0.131. The third-order valence-corrected chi connectivity index (χ3v) is 2.21. The maximum absolute atomic E-state index is 11.3. The Morgan fingerprint density at radius 3 is 1.88 bits per heavy atom. The average Bonchev–Trinajstić information content (AvgIpc) is 2.28. The van der Waals surface area contributed by atoms with Crippen LogP contribution in [-0.4, -0.2) is 31.1 Å². The van der Waals surface area contributed by atoms with Crippen molar-refractivity contribution in [3.63, 3.8) is 0 Å². The molecule has 0 amide bonds. The van der Waals surface area contributed by atoms with Crippen LogP contribution in [-0.2, 0) is 4.79 Å². The van der Waals surface area contributed by atoms with Crippen molar-refractivity contribution in [1.82, 2.24) is 0 Å². The Morgan fingerprint density at radius 2 is 1.56 bits per heavy atom. The number of rotatable bonds is 4. The zero-order valence-electron chi connectivity index (χ0n) is 9.23. The van der Waals surface area contributed by atoms with Gasteiger partial charge in [0.2, 0.25) is 0 Å². The summed E-state index contributed by atoms with van der Waals surface area (Å²) >= 11 is 0. The molecule has 1 aromatic rings. The summed E-state index contributed by atoms with van der Waals surface area (Å²) in [4.78, 5) is 21.8. The second-order valence-corrected chi connectivity index (χ2v) is 3.14. The minimum absolute atomic E-state index is 0.0341. The third-order valence-electron chi connectivity index (χ3n) is 2.21. The zero-order valence-corrected chi connectivity index (χ0v) is 9.23. The summed E-state index contributed by atoms with van der Waals surface area (Å²) in [6.07, 6.45) is 0. The summed E-state index contributed by atoms with van der Waals surface area (Å²) < 4.78 is 10.1. The molecule has 1 N–H and O–H groups in total. The molecule has 0 aromatic heterocycles. The van der Waals surface area contributed by atoms with Gasteiger partial charge in [0.1, 0.15) is 11.5 Å². The normalized spacial score (nSPS) is 9.69. The number of hydrogen-bond acceptors (Lipinski definition) is 4.